The van der Waals surface area contributed by atoms with Crippen LogP contribution in [0.15, 0.2) is 39.9 Å². The maximum absolute atomic E-state index is 12.2. The molecule has 2 aliphatic heterocycles. The van der Waals surface area contributed by atoms with Crippen molar-refractivity contribution in [2.75, 3.05) is 7.11 Å². The molecule has 3 rings (SSSR count). The summed E-state index contributed by atoms with van der Waals surface area (Å²) in [5.74, 6) is 0.605. The van der Waals surface area contributed by atoms with Crippen molar-refractivity contribution in [2.45, 2.75) is 13.8 Å². The first-order valence-electron chi connectivity index (χ1n) is 7.13. The molecule has 23 heavy (non-hydrogen) atoms. The van der Waals surface area contributed by atoms with E-state index in [0.717, 1.165) is 16.4 Å². The van der Waals surface area contributed by atoms with Crippen molar-refractivity contribution in [3.05, 3.63) is 35.4 Å². The van der Waals surface area contributed by atoms with E-state index in [1.807, 2.05) is 26.0 Å². The molecule has 1 N–H and O–H groups in total. The summed E-state index contributed by atoms with van der Waals surface area (Å²) in [6.07, 6.45) is 1.65. The molecule has 0 unspecified atom stereocenters. The Balaban J connectivity index is 1.93. The van der Waals surface area contributed by atoms with Gasteiger partial charge in [0.2, 0.25) is 5.17 Å². The lowest BCUT2D eigenvalue weighted by Gasteiger charge is -2.20. The summed E-state index contributed by atoms with van der Waals surface area (Å²) in [6, 6.07) is 7.26. The number of methoxy groups -OCH3 is 1. The maximum atomic E-state index is 12.2. The Morgan fingerprint density at radius 2 is 2.00 bits per heavy atom. The SMILES string of the molecule is COc1ccc(C=C2C(=N)N3N=C(C(C)C)SC3=NC2=O)cc1. The van der Waals surface area contributed by atoms with Crippen LogP contribution in [0.4, 0.5) is 0 Å². The van der Waals surface area contributed by atoms with Gasteiger partial charge >= 0.3 is 0 Å². The summed E-state index contributed by atoms with van der Waals surface area (Å²) in [5.41, 5.74) is 1.03. The van der Waals surface area contributed by atoms with E-state index in [1.165, 1.54) is 16.8 Å². The Labute approximate surface area is 138 Å². The number of nitrogens with one attached hydrogen (secondary N) is 1. The number of nitrogens with zero attached hydrogens (tertiary/aromatic N) is 3. The molecule has 2 heterocycles. The molecule has 0 aliphatic carbocycles. The highest BCUT2D eigenvalue weighted by atomic mass is 32.2. The summed E-state index contributed by atoms with van der Waals surface area (Å²) in [7, 11) is 1.60. The van der Waals surface area contributed by atoms with Gasteiger partial charge in [-0.1, -0.05) is 26.0 Å². The zero-order chi connectivity index (χ0) is 16.6. The van der Waals surface area contributed by atoms with Crippen LogP contribution in [0.25, 0.3) is 6.08 Å². The fraction of sp³-hybridized carbons (Fsp3) is 0.250. The van der Waals surface area contributed by atoms with E-state index < -0.39 is 5.91 Å². The van der Waals surface area contributed by atoms with Crippen molar-refractivity contribution >= 4 is 39.8 Å². The number of carbonyl (C=O) groups is 1. The number of hydrazone groups is 1. The second kappa shape index (κ2) is 6.00. The number of ether oxygens (including phenoxy) is 1. The zero-order valence-electron chi connectivity index (χ0n) is 13.0. The van der Waals surface area contributed by atoms with Gasteiger partial charge in [-0.3, -0.25) is 10.2 Å². The number of amidine groups is 2. The Morgan fingerprint density at radius 3 is 2.61 bits per heavy atom. The second-order valence-corrected chi connectivity index (χ2v) is 6.37. The van der Waals surface area contributed by atoms with Crippen LogP contribution in [0.2, 0.25) is 0 Å². The van der Waals surface area contributed by atoms with Gasteiger partial charge in [-0.2, -0.15) is 15.1 Å². The first-order chi connectivity index (χ1) is 11.0. The maximum Gasteiger partial charge on any atom is 0.283 e. The Morgan fingerprint density at radius 1 is 1.30 bits per heavy atom. The number of hydrogen-bond acceptors (Lipinski definition) is 5. The van der Waals surface area contributed by atoms with Gasteiger partial charge in [0.05, 0.1) is 12.7 Å². The zero-order valence-corrected chi connectivity index (χ0v) is 13.8. The number of benzene rings is 1. The molecule has 118 valence electrons. The Bertz CT molecular complexity index is 763. The summed E-state index contributed by atoms with van der Waals surface area (Å²) in [5, 5.41) is 15.4. The predicted molar refractivity (Wildman–Crippen MR) is 92.8 cm³/mol. The number of carbonyl (C=O) groups excluding carboxylic acids is 1. The second-order valence-electron chi connectivity index (χ2n) is 5.39. The van der Waals surface area contributed by atoms with Crippen molar-refractivity contribution in [1.82, 2.24) is 5.01 Å². The highest BCUT2D eigenvalue weighted by molar-refractivity contribution is 8.27. The molecule has 0 bridgehead atoms. The van der Waals surface area contributed by atoms with Crippen LogP contribution in [-0.2, 0) is 4.79 Å². The van der Waals surface area contributed by atoms with Crippen molar-refractivity contribution in [3.63, 3.8) is 0 Å². The molecule has 0 saturated carbocycles. The molecule has 0 spiro atoms. The predicted octanol–water partition coefficient (Wildman–Crippen LogP) is 2.97. The minimum atomic E-state index is -0.412. The average Bonchev–Trinajstić information content (AvgIpc) is 2.96. The number of amides is 1. The number of aliphatic imine (C=N–C) groups is 1. The van der Waals surface area contributed by atoms with Crippen molar-refractivity contribution in [1.29, 1.82) is 5.41 Å². The summed E-state index contributed by atoms with van der Waals surface area (Å²) >= 11 is 1.34. The first kappa shape index (κ1) is 15.5. The minimum Gasteiger partial charge on any atom is -0.497 e. The lowest BCUT2D eigenvalue weighted by Crippen LogP contribution is -2.35. The van der Waals surface area contributed by atoms with Gasteiger partial charge in [-0.25, -0.2) is 0 Å². The van der Waals surface area contributed by atoms with Gasteiger partial charge in [0, 0.05) is 5.92 Å². The monoisotopic (exact) mass is 328 g/mol. The van der Waals surface area contributed by atoms with E-state index >= 15 is 0 Å². The van der Waals surface area contributed by atoms with Crippen LogP contribution in [0.3, 0.4) is 0 Å². The van der Waals surface area contributed by atoms with E-state index in [0.29, 0.717) is 5.17 Å². The average molecular weight is 328 g/mol. The number of fused-ring (bicyclic) bond motifs is 1. The number of hydrogen-bond donors (Lipinski definition) is 1. The third-order valence-electron chi connectivity index (χ3n) is 3.39. The molecule has 7 heteroatoms. The summed E-state index contributed by atoms with van der Waals surface area (Å²) < 4.78 is 5.11. The molecule has 1 aromatic rings. The molecular formula is C16H16N4O2S. The molecule has 0 aromatic heterocycles. The third-order valence-corrected chi connectivity index (χ3v) is 4.60. The topological polar surface area (TPSA) is 78.1 Å². The molecule has 6 nitrogen and oxygen atoms in total. The van der Waals surface area contributed by atoms with Gasteiger partial charge in [-0.05, 0) is 35.5 Å². The minimum absolute atomic E-state index is 0.0546. The van der Waals surface area contributed by atoms with Crippen molar-refractivity contribution in [3.8, 4) is 5.75 Å². The quantitative estimate of drug-likeness (QED) is 0.865. The fourth-order valence-corrected chi connectivity index (χ4v) is 3.00. The van der Waals surface area contributed by atoms with Crippen LogP contribution < -0.4 is 4.74 Å². The van der Waals surface area contributed by atoms with Crippen molar-refractivity contribution in [2.24, 2.45) is 16.0 Å². The van der Waals surface area contributed by atoms with E-state index in [9.17, 15) is 4.79 Å². The largest absolute Gasteiger partial charge is 0.497 e. The molecule has 0 fully saturated rings. The standard InChI is InChI=1S/C16H16N4O2S/c1-9(2)15-19-20-13(17)12(14(21)18-16(20)23-15)8-10-4-6-11(22-3)7-5-10/h4-9,17H,1-3H3. The van der Waals surface area contributed by atoms with Crippen LogP contribution in [0.1, 0.15) is 19.4 Å². The molecule has 1 aromatic carbocycles. The molecule has 0 radical (unpaired) electrons. The summed E-state index contributed by atoms with van der Waals surface area (Å²) in [6.45, 7) is 4.04. The number of thioether (sulfide) groups is 1. The van der Waals surface area contributed by atoms with Gasteiger partial charge in [-0.15, -0.1) is 0 Å². The molecule has 1 amide bonds. The lowest BCUT2D eigenvalue weighted by atomic mass is 10.1. The van der Waals surface area contributed by atoms with Gasteiger partial charge in [0.25, 0.3) is 5.91 Å². The third kappa shape index (κ3) is 2.92. The fourth-order valence-electron chi connectivity index (χ4n) is 2.11. The van der Waals surface area contributed by atoms with E-state index in [1.54, 1.807) is 25.3 Å². The molecular weight excluding hydrogens is 312 g/mol. The van der Waals surface area contributed by atoms with E-state index in [-0.39, 0.29) is 17.3 Å². The Kier molecular flexibility index (Phi) is 4.04. The van der Waals surface area contributed by atoms with Gasteiger partial charge in [0.1, 0.15) is 10.8 Å². The van der Waals surface area contributed by atoms with Gasteiger partial charge in [0.15, 0.2) is 5.84 Å². The Hall–Kier alpha value is -2.41. The molecule has 2 aliphatic rings. The first-order valence-corrected chi connectivity index (χ1v) is 7.95. The van der Waals surface area contributed by atoms with Crippen LogP contribution in [0, 0.1) is 11.3 Å². The van der Waals surface area contributed by atoms with E-state index in [2.05, 4.69) is 10.1 Å². The highest BCUT2D eigenvalue weighted by Crippen LogP contribution is 2.30. The molecule has 0 saturated heterocycles. The van der Waals surface area contributed by atoms with Crippen LogP contribution in [-0.4, -0.2) is 34.1 Å². The molecule has 0 atom stereocenters. The van der Waals surface area contributed by atoms with Crippen molar-refractivity contribution < 1.29 is 9.53 Å². The smallest absolute Gasteiger partial charge is 0.283 e. The van der Waals surface area contributed by atoms with E-state index in [4.69, 9.17) is 10.1 Å². The van der Waals surface area contributed by atoms with Crippen LogP contribution in [0.5, 0.6) is 5.75 Å². The van der Waals surface area contributed by atoms with Crippen LogP contribution >= 0.6 is 11.8 Å². The summed E-state index contributed by atoms with van der Waals surface area (Å²) in [4.78, 5) is 16.3. The normalized spacial score (nSPS) is 19.1. The lowest BCUT2D eigenvalue weighted by molar-refractivity contribution is -0.114. The number of rotatable bonds is 3. The van der Waals surface area contributed by atoms with Gasteiger partial charge < -0.3 is 4.74 Å². The highest BCUT2D eigenvalue weighted by Gasteiger charge is 2.36.